The molecule has 3 aromatic rings. The number of carbonyl (C=O) groups is 3. The molecule has 12 nitrogen and oxygen atoms in total. The standard InChI is InChI=1S/C35H49N5O7/c1-24(28(36)15-17-31(37)41)47-23-26-13-11-25(12-14-26)7-4-19-45-21-6-22-46-20-5-9-27-8-3-10-29-33(27)39(2)35(44)40(29)30-16-18-32(42)38-34(30)43/h3,8,10-14,24,28,30H,4-7,9,15-23,36H2,1-2H3,(H2,37,41)(H,38,42,43)/t24-,28+,30?/m1/s1. The van der Waals surface area contributed by atoms with Crippen molar-refractivity contribution in [1.82, 2.24) is 14.5 Å². The molecule has 2 heterocycles. The van der Waals surface area contributed by atoms with E-state index >= 15 is 0 Å². The van der Waals surface area contributed by atoms with E-state index in [1.165, 1.54) is 10.1 Å². The van der Waals surface area contributed by atoms with Gasteiger partial charge in [-0.15, -0.1) is 0 Å². The lowest BCUT2D eigenvalue weighted by Crippen LogP contribution is -2.44. The quantitative estimate of drug-likeness (QED) is 0.124. The van der Waals surface area contributed by atoms with Crippen LogP contribution < -0.4 is 22.5 Å². The summed E-state index contributed by atoms with van der Waals surface area (Å²) in [5.41, 5.74) is 15.9. The highest BCUT2D eigenvalue weighted by atomic mass is 16.5. The van der Waals surface area contributed by atoms with Crippen LogP contribution in [0.4, 0.5) is 0 Å². The fourth-order valence-corrected chi connectivity index (χ4v) is 5.86. The number of primary amides is 1. The molecule has 3 atom stereocenters. The number of benzene rings is 2. The number of carbonyl (C=O) groups excluding carboxylic acids is 3. The number of ether oxygens (including phenoxy) is 3. The number of nitrogens with two attached hydrogens (primary N) is 2. The third-order valence-corrected chi connectivity index (χ3v) is 8.64. The van der Waals surface area contributed by atoms with Crippen molar-refractivity contribution in [2.45, 2.75) is 89.5 Å². The highest BCUT2D eigenvalue weighted by molar-refractivity contribution is 6.00. The molecule has 256 valence electrons. The number of nitrogens with zero attached hydrogens (tertiary/aromatic N) is 2. The summed E-state index contributed by atoms with van der Waals surface area (Å²) < 4.78 is 20.6. The van der Waals surface area contributed by atoms with Gasteiger partial charge >= 0.3 is 5.69 Å². The number of imidazole rings is 1. The molecule has 12 heteroatoms. The summed E-state index contributed by atoms with van der Waals surface area (Å²) in [6.45, 7) is 4.93. The minimum Gasteiger partial charge on any atom is -0.381 e. The summed E-state index contributed by atoms with van der Waals surface area (Å²) >= 11 is 0. The Bertz CT molecular complexity index is 1550. The lowest BCUT2D eigenvalue weighted by atomic mass is 10.0. The molecule has 1 saturated heterocycles. The van der Waals surface area contributed by atoms with E-state index in [1.54, 1.807) is 11.6 Å². The Morgan fingerprint density at radius 2 is 1.62 bits per heavy atom. The van der Waals surface area contributed by atoms with Gasteiger partial charge in [0.2, 0.25) is 17.7 Å². The summed E-state index contributed by atoms with van der Waals surface area (Å²) in [6.07, 6.45) is 5.36. The van der Waals surface area contributed by atoms with Crippen molar-refractivity contribution in [3.8, 4) is 0 Å². The number of imide groups is 1. The Balaban J connectivity index is 1.07. The molecule has 47 heavy (non-hydrogen) atoms. The van der Waals surface area contributed by atoms with Crippen LogP contribution in [-0.4, -0.2) is 65.4 Å². The smallest absolute Gasteiger partial charge is 0.329 e. The van der Waals surface area contributed by atoms with Gasteiger partial charge in [-0.3, -0.25) is 28.8 Å². The average molecular weight is 652 g/mol. The molecule has 1 fully saturated rings. The van der Waals surface area contributed by atoms with Gasteiger partial charge in [0, 0.05) is 52.4 Å². The highest BCUT2D eigenvalue weighted by Crippen LogP contribution is 2.25. The Morgan fingerprint density at radius 1 is 0.957 bits per heavy atom. The molecule has 1 aliphatic heterocycles. The lowest BCUT2D eigenvalue weighted by Gasteiger charge is -2.21. The van der Waals surface area contributed by atoms with Gasteiger partial charge in [-0.2, -0.15) is 0 Å². The van der Waals surface area contributed by atoms with Crippen molar-refractivity contribution < 1.29 is 28.6 Å². The molecule has 2 aromatic carbocycles. The first-order valence-electron chi connectivity index (χ1n) is 16.6. The van der Waals surface area contributed by atoms with Crippen LogP contribution in [0.1, 0.15) is 74.6 Å². The van der Waals surface area contributed by atoms with Crippen LogP contribution >= 0.6 is 0 Å². The Hall–Kier alpha value is -3.84. The van der Waals surface area contributed by atoms with Gasteiger partial charge in [-0.05, 0) is 74.6 Å². The van der Waals surface area contributed by atoms with E-state index in [1.807, 2.05) is 25.1 Å². The van der Waals surface area contributed by atoms with Crippen LogP contribution in [0, 0.1) is 0 Å². The fourth-order valence-electron chi connectivity index (χ4n) is 5.86. The third kappa shape index (κ3) is 10.3. The van der Waals surface area contributed by atoms with Gasteiger partial charge in [0.1, 0.15) is 6.04 Å². The molecule has 1 aliphatic rings. The van der Waals surface area contributed by atoms with Gasteiger partial charge in [0.15, 0.2) is 0 Å². The number of piperidine rings is 1. The fraction of sp³-hybridized carbons (Fsp3) is 0.543. The summed E-state index contributed by atoms with van der Waals surface area (Å²) in [7, 11) is 1.72. The number of aromatic nitrogens is 2. The lowest BCUT2D eigenvalue weighted by molar-refractivity contribution is -0.135. The van der Waals surface area contributed by atoms with Crippen molar-refractivity contribution in [2.75, 3.05) is 26.4 Å². The monoisotopic (exact) mass is 651 g/mol. The molecular formula is C35H49N5O7. The number of rotatable bonds is 20. The van der Waals surface area contributed by atoms with Crippen LogP contribution in [0.2, 0.25) is 0 Å². The van der Waals surface area contributed by atoms with E-state index in [0.29, 0.717) is 51.4 Å². The molecular weight excluding hydrogens is 602 g/mol. The van der Waals surface area contributed by atoms with Crippen molar-refractivity contribution in [2.24, 2.45) is 18.5 Å². The number of nitrogens with one attached hydrogen (secondary N) is 1. The van der Waals surface area contributed by atoms with Gasteiger partial charge in [0.05, 0.1) is 23.7 Å². The van der Waals surface area contributed by atoms with Crippen LogP contribution in [0.15, 0.2) is 47.3 Å². The minimum atomic E-state index is -0.690. The highest BCUT2D eigenvalue weighted by Gasteiger charge is 2.31. The van der Waals surface area contributed by atoms with Gasteiger partial charge in [-0.1, -0.05) is 36.4 Å². The summed E-state index contributed by atoms with van der Waals surface area (Å²) in [4.78, 5) is 48.1. The maximum absolute atomic E-state index is 13.1. The van der Waals surface area contributed by atoms with E-state index in [2.05, 4.69) is 29.6 Å². The molecule has 5 N–H and O–H groups in total. The number of amides is 3. The van der Waals surface area contributed by atoms with Gasteiger partial charge in [0.25, 0.3) is 0 Å². The number of hydrogen-bond acceptors (Lipinski definition) is 8. The number of hydrogen-bond donors (Lipinski definition) is 3. The van der Waals surface area contributed by atoms with E-state index in [0.717, 1.165) is 48.7 Å². The Morgan fingerprint density at radius 3 is 2.30 bits per heavy atom. The van der Waals surface area contributed by atoms with Crippen molar-refractivity contribution >= 4 is 28.8 Å². The number of para-hydroxylation sites is 1. The Labute approximate surface area is 275 Å². The molecule has 0 saturated carbocycles. The van der Waals surface area contributed by atoms with E-state index in [4.69, 9.17) is 25.7 Å². The second-order valence-electron chi connectivity index (χ2n) is 12.3. The predicted octanol–water partition coefficient (Wildman–Crippen LogP) is 2.80. The van der Waals surface area contributed by atoms with E-state index < -0.39 is 11.9 Å². The zero-order chi connectivity index (χ0) is 33.8. The molecule has 0 radical (unpaired) electrons. The molecule has 0 bridgehead atoms. The second kappa shape index (κ2) is 17.9. The molecule has 3 amide bonds. The van der Waals surface area contributed by atoms with E-state index in [9.17, 15) is 19.2 Å². The first kappa shape index (κ1) is 36.0. The largest absolute Gasteiger partial charge is 0.381 e. The molecule has 4 rings (SSSR count). The molecule has 1 aromatic heterocycles. The zero-order valence-electron chi connectivity index (χ0n) is 27.6. The predicted molar refractivity (Wildman–Crippen MR) is 179 cm³/mol. The van der Waals surface area contributed by atoms with E-state index in [-0.39, 0.29) is 42.5 Å². The SMILES string of the molecule is C[C@@H](OCc1ccc(CCCOCCCOCCCc2cccc3c2n(C)c(=O)n3C2CCC(=O)NC2=O)cc1)[C@@H](N)CCC(N)=O. The van der Waals surface area contributed by atoms with Crippen LogP contribution in [-0.2, 0) is 55.1 Å². The van der Waals surface area contributed by atoms with Gasteiger partial charge < -0.3 is 25.7 Å². The summed E-state index contributed by atoms with van der Waals surface area (Å²) in [6, 6.07) is 13.2. The van der Waals surface area contributed by atoms with Crippen molar-refractivity contribution in [1.29, 1.82) is 0 Å². The third-order valence-electron chi connectivity index (χ3n) is 8.64. The first-order valence-corrected chi connectivity index (χ1v) is 16.6. The number of aryl methyl sites for hydroxylation is 3. The molecule has 1 unspecified atom stereocenters. The van der Waals surface area contributed by atoms with Crippen molar-refractivity contribution in [3.63, 3.8) is 0 Å². The number of fused-ring (bicyclic) bond motifs is 1. The topological polar surface area (TPSA) is 170 Å². The maximum Gasteiger partial charge on any atom is 0.329 e. The maximum atomic E-state index is 13.1. The zero-order valence-corrected chi connectivity index (χ0v) is 27.6. The first-order chi connectivity index (χ1) is 22.7. The van der Waals surface area contributed by atoms with Crippen molar-refractivity contribution in [3.05, 3.63) is 69.6 Å². The normalized spacial score (nSPS) is 16.4. The second-order valence-corrected chi connectivity index (χ2v) is 12.3. The minimum absolute atomic E-state index is 0.163. The summed E-state index contributed by atoms with van der Waals surface area (Å²) in [5, 5.41) is 2.35. The van der Waals surface area contributed by atoms with Crippen LogP contribution in [0.3, 0.4) is 0 Å². The summed E-state index contributed by atoms with van der Waals surface area (Å²) in [5.74, 6) is -1.09. The molecule has 0 spiro atoms. The van der Waals surface area contributed by atoms with Crippen LogP contribution in [0.25, 0.3) is 11.0 Å². The Kier molecular flexibility index (Phi) is 13.7. The van der Waals surface area contributed by atoms with Gasteiger partial charge in [-0.25, -0.2) is 4.79 Å². The van der Waals surface area contributed by atoms with Crippen LogP contribution in [0.5, 0.6) is 0 Å². The average Bonchev–Trinajstić information content (AvgIpc) is 3.31. The molecule has 0 aliphatic carbocycles.